The van der Waals surface area contributed by atoms with Crippen molar-refractivity contribution in [1.29, 1.82) is 0 Å². The van der Waals surface area contributed by atoms with Crippen LogP contribution in [-0.2, 0) is 20.9 Å². The predicted molar refractivity (Wildman–Crippen MR) is 128 cm³/mol. The van der Waals surface area contributed by atoms with Crippen LogP contribution in [0.1, 0.15) is 41.6 Å². The van der Waals surface area contributed by atoms with Crippen LogP contribution in [0.3, 0.4) is 0 Å². The zero-order chi connectivity index (χ0) is 21.5. The molecule has 0 radical (unpaired) electrons. The zero-order valence-corrected chi connectivity index (χ0v) is 20.6. The molecule has 0 aliphatic heterocycles. The second-order valence-electron chi connectivity index (χ2n) is 7.51. The first-order chi connectivity index (χ1) is 14.5. The van der Waals surface area contributed by atoms with Gasteiger partial charge in [-0.25, -0.2) is 4.79 Å². The Morgan fingerprint density at radius 2 is 1.83 bits per heavy atom. The Balaban J connectivity index is 1.49. The van der Waals surface area contributed by atoms with E-state index in [4.69, 9.17) is 9.47 Å². The molecule has 0 atom stereocenters. The molecule has 7 heteroatoms. The summed E-state index contributed by atoms with van der Waals surface area (Å²) in [6.45, 7) is 1.36. The average Bonchev–Trinajstić information content (AvgIpc) is 2.76. The number of hydrogen-bond acceptors (Lipinski definition) is 4. The molecule has 3 rings (SSSR count). The van der Waals surface area contributed by atoms with Crippen molar-refractivity contribution < 1.29 is 19.1 Å². The molecule has 0 aromatic heterocycles. The lowest BCUT2D eigenvalue weighted by Crippen LogP contribution is -2.28. The second kappa shape index (κ2) is 11.2. The third-order valence-corrected chi connectivity index (χ3v) is 6.95. The first-order valence-electron chi connectivity index (χ1n) is 9.97. The highest BCUT2D eigenvalue weighted by Crippen LogP contribution is 2.32. The molecule has 5 nitrogen and oxygen atoms in total. The van der Waals surface area contributed by atoms with Gasteiger partial charge in [-0.3, -0.25) is 4.79 Å². The van der Waals surface area contributed by atoms with E-state index in [9.17, 15) is 9.59 Å². The van der Waals surface area contributed by atoms with Gasteiger partial charge in [0.05, 0.1) is 25.0 Å². The van der Waals surface area contributed by atoms with E-state index in [1.807, 2.05) is 24.3 Å². The molecule has 0 spiro atoms. The Bertz CT molecular complexity index is 882. The van der Waals surface area contributed by atoms with Gasteiger partial charge in [0.15, 0.2) is 0 Å². The Kier molecular flexibility index (Phi) is 8.71. The monoisotopic (exact) mass is 585 g/mol. The van der Waals surface area contributed by atoms with Crippen molar-refractivity contribution in [3.63, 3.8) is 0 Å². The fourth-order valence-electron chi connectivity index (χ4n) is 3.65. The smallest absolute Gasteiger partial charge is 0.339 e. The number of benzene rings is 2. The maximum Gasteiger partial charge on any atom is 0.339 e. The number of rotatable bonds is 7. The number of methoxy groups -OCH3 is 1. The van der Waals surface area contributed by atoms with Crippen molar-refractivity contribution in [3.8, 4) is 0 Å². The van der Waals surface area contributed by atoms with E-state index < -0.39 is 5.97 Å². The maximum absolute atomic E-state index is 12.8. The second-order valence-corrected chi connectivity index (χ2v) is 9.53. The summed E-state index contributed by atoms with van der Waals surface area (Å²) in [6, 6.07) is 13.6. The molecule has 1 amide bonds. The minimum Gasteiger partial charge on any atom is -0.465 e. The average molecular weight is 586 g/mol. The van der Waals surface area contributed by atoms with E-state index in [0.717, 1.165) is 35.9 Å². The summed E-state index contributed by atoms with van der Waals surface area (Å²) in [5.41, 5.74) is 2.21. The summed E-state index contributed by atoms with van der Waals surface area (Å²) in [5.74, 6) is 0.0485. The number of halogens is 2. The molecule has 0 bridgehead atoms. The molecule has 30 heavy (non-hydrogen) atoms. The summed E-state index contributed by atoms with van der Waals surface area (Å²) >= 11 is 5.53. The summed E-state index contributed by atoms with van der Waals surface area (Å²) in [5, 5.41) is 3.00. The molecule has 1 fully saturated rings. The quantitative estimate of drug-likeness (QED) is 0.329. The first-order valence-corrected chi connectivity index (χ1v) is 11.8. The molecule has 160 valence electrons. The van der Waals surface area contributed by atoms with Crippen LogP contribution in [-0.4, -0.2) is 25.6 Å². The summed E-state index contributed by atoms with van der Waals surface area (Å²) < 4.78 is 12.2. The van der Waals surface area contributed by atoms with Crippen LogP contribution in [0.15, 0.2) is 46.9 Å². The van der Waals surface area contributed by atoms with E-state index in [0.29, 0.717) is 28.2 Å². The van der Waals surface area contributed by atoms with Gasteiger partial charge in [0.25, 0.3) is 0 Å². The van der Waals surface area contributed by atoms with Crippen molar-refractivity contribution in [1.82, 2.24) is 0 Å². The topological polar surface area (TPSA) is 64.6 Å². The number of carbonyl (C=O) groups is 2. The molecule has 1 N–H and O–H groups in total. The SMILES string of the molecule is COC(=O)c1cc(NC(=O)C2CCC(COCc3ccccc3)CC2)c(I)cc1Br. The van der Waals surface area contributed by atoms with Crippen LogP contribution in [0.5, 0.6) is 0 Å². The largest absolute Gasteiger partial charge is 0.465 e. The summed E-state index contributed by atoms with van der Waals surface area (Å²) in [6.07, 6.45) is 3.67. The van der Waals surface area contributed by atoms with E-state index in [1.54, 1.807) is 6.07 Å². The molecule has 0 heterocycles. The fraction of sp³-hybridized carbons (Fsp3) is 0.391. The maximum atomic E-state index is 12.8. The van der Waals surface area contributed by atoms with Crippen molar-refractivity contribution in [2.75, 3.05) is 19.0 Å². The van der Waals surface area contributed by atoms with Gasteiger partial charge < -0.3 is 14.8 Å². The Labute approximate surface area is 199 Å². The number of nitrogens with one attached hydrogen (secondary N) is 1. The van der Waals surface area contributed by atoms with E-state index in [-0.39, 0.29) is 11.8 Å². The third kappa shape index (κ3) is 6.28. The lowest BCUT2D eigenvalue weighted by molar-refractivity contribution is -0.121. The van der Waals surface area contributed by atoms with Crippen LogP contribution in [0, 0.1) is 15.4 Å². The number of amides is 1. The summed E-state index contributed by atoms with van der Waals surface area (Å²) in [4.78, 5) is 24.7. The van der Waals surface area contributed by atoms with Gasteiger partial charge >= 0.3 is 5.97 Å². The van der Waals surface area contributed by atoms with Gasteiger partial charge in [-0.2, -0.15) is 0 Å². The van der Waals surface area contributed by atoms with Gasteiger partial charge in [-0.05, 0) is 87.8 Å². The first kappa shape index (κ1) is 23.2. The normalized spacial score (nSPS) is 18.6. The Hall–Kier alpha value is -1.45. The Morgan fingerprint density at radius 1 is 1.13 bits per heavy atom. The number of hydrogen-bond donors (Lipinski definition) is 1. The standard InChI is InChI=1S/C23H25BrINO4/c1-29-23(28)18-11-21(20(25)12-19(18)24)26-22(27)17-9-7-16(8-10-17)14-30-13-15-5-3-2-4-6-15/h2-6,11-12,16-17H,7-10,13-14H2,1H3,(H,26,27). The van der Waals surface area contributed by atoms with E-state index >= 15 is 0 Å². The molecular weight excluding hydrogens is 561 g/mol. The van der Waals surface area contributed by atoms with Gasteiger partial charge in [0.1, 0.15) is 0 Å². The molecule has 1 saturated carbocycles. The molecule has 0 saturated heterocycles. The Morgan fingerprint density at radius 3 is 2.50 bits per heavy atom. The highest BCUT2D eigenvalue weighted by Gasteiger charge is 2.27. The summed E-state index contributed by atoms with van der Waals surface area (Å²) in [7, 11) is 1.34. The van der Waals surface area contributed by atoms with Crippen molar-refractivity contribution in [2.45, 2.75) is 32.3 Å². The van der Waals surface area contributed by atoms with Crippen LogP contribution in [0.2, 0.25) is 0 Å². The highest BCUT2D eigenvalue weighted by atomic mass is 127. The fourth-order valence-corrected chi connectivity index (χ4v) is 5.19. The van der Waals surface area contributed by atoms with E-state index in [2.05, 4.69) is 56.0 Å². The minimum atomic E-state index is -0.440. The molecule has 2 aromatic rings. The van der Waals surface area contributed by atoms with Gasteiger partial charge in [0, 0.05) is 20.6 Å². The zero-order valence-electron chi connectivity index (χ0n) is 16.8. The van der Waals surface area contributed by atoms with E-state index in [1.165, 1.54) is 12.7 Å². The number of anilines is 1. The molecule has 0 unspecified atom stereocenters. The lowest BCUT2D eigenvalue weighted by atomic mass is 9.82. The third-order valence-electron chi connectivity index (χ3n) is 5.40. The number of esters is 1. The van der Waals surface area contributed by atoms with Crippen LogP contribution >= 0.6 is 38.5 Å². The van der Waals surface area contributed by atoms with Gasteiger partial charge in [-0.1, -0.05) is 30.3 Å². The molecule has 1 aliphatic rings. The van der Waals surface area contributed by atoms with Crippen molar-refractivity contribution in [2.24, 2.45) is 11.8 Å². The lowest BCUT2D eigenvalue weighted by Gasteiger charge is -2.27. The molecule has 2 aromatic carbocycles. The van der Waals surface area contributed by atoms with Crippen molar-refractivity contribution >= 4 is 56.1 Å². The molecule has 1 aliphatic carbocycles. The minimum absolute atomic E-state index is 0.00899. The predicted octanol–water partition coefficient (Wildman–Crippen LogP) is 5.80. The van der Waals surface area contributed by atoms with Crippen molar-refractivity contribution in [3.05, 3.63) is 61.6 Å². The van der Waals surface area contributed by atoms with Gasteiger partial charge in [-0.15, -0.1) is 0 Å². The van der Waals surface area contributed by atoms with Gasteiger partial charge in [0.2, 0.25) is 5.91 Å². The van der Waals surface area contributed by atoms with Crippen LogP contribution in [0.25, 0.3) is 0 Å². The number of ether oxygens (including phenoxy) is 2. The highest BCUT2D eigenvalue weighted by molar-refractivity contribution is 14.1. The molecular formula is C23H25BrINO4. The van der Waals surface area contributed by atoms with Crippen LogP contribution in [0.4, 0.5) is 5.69 Å². The number of carbonyl (C=O) groups excluding carboxylic acids is 2. The van der Waals surface area contributed by atoms with Crippen LogP contribution < -0.4 is 5.32 Å².